The zero-order valence-electron chi connectivity index (χ0n) is 10.9. The van der Waals surface area contributed by atoms with Crippen molar-refractivity contribution >= 4 is 5.78 Å². The van der Waals surface area contributed by atoms with Gasteiger partial charge in [-0.05, 0) is 45.7 Å². The molecule has 1 aliphatic heterocycles. The lowest BCUT2D eigenvalue weighted by molar-refractivity contribution is 0.0839. The van der Waals surface area contributed by atoms with E-state index in [1.54, 1.807) is 12.1 Å². The molecule has 0 aliphatic carbocycles. The van der Waals surface area contributed by atoms with Gasteiger partial charge in [0, 0.05) is 12.1 Å². The summed E-state index contributed by atoms with van der Waals surface area (Å²) in [5, 5.41) is 0. The summed E-state index contributed by atoms with van der Waals surface area (Å²) >= 11 is 0. The first-order valence-electron chi connectivity index (χ1n) is 6.26. The molecule has 1 aromatic carbocycles. The average Bonchev–Trinajstić information content (AvgIpc) is 2.50. The third-order valence-electron chi connectivity index (χ3n) is 3.48. The third-order valence-corrected chi connectivity index (χ3v) is 3.48. The summed E-state index contributed by atoms with van der Waals surface area (Å²) in [6.07, 6.45) is 1.06. The van der Waals surface area contributed by atoms with E-state index in [9.17, 15) is 9.18 Å². The van der Waals surface area contributed by atoms with E-state index < -0.39 is 0 Å². The third kappa shape index (κ3) is 2.94. The molecule has 1 heterocycles. The van der Waals surface area contributed by atoms with Crippen LogP contribution in [0, 0.1) is 5.82 Å². The maximum absolute atomic E-state index is 13.2. The summed E-state index contributed by atoms with van der Waals surface area (Å²) in [6.45, 7) is 2.60. The molecule has 0 amide bonds. The van der Waals surface area contributed by atoms with Crippen molar-refractivity contribution in [1.29, 1.82) is 0 Å². The maximum Gasteiger partial charge on any atom is 0.181 e. The number of rotatable bonds is 2. The predicted octanol–water partition coefficient (Wildman–Crippen LogP) is 1.64. The maximum atomic E-state index is 13.2. The number of nitrogens with zero attached hydrogens (tertiary/aromatic N) is 2. The Labute approximate surface area is 107 Å². The zero-order chi connectivity index (χ0) is 13.1. The summed E-state index contributed by atoms with van der Waals surface area (Å²) in [6, 6.07) is 5.77. The van der Waals surface area contributed by atoms with Crippen LogP contribution in [0.4, 0.5) is 4.39 Å². The van der Waals surface area contributed by atoms with Crippen LogP contribution in [0.3, 0.4) is 0 Å². The first-order valence-corrected chi connectivity index (χ1v) is 6.26. The molecule has 3 nitrogen and oxygen atoms in total. The fourth-order valence-corrected chi connectivity index (χ4v) is 2.39. The summed E-state index contributed by atoms with van der Waals surface area (Å²) in [7, 11) is 3.98. The smallest absolute Gasteiger partial charge is 0.181 e. The minimum Gasteiger partial charge on any atom is -0.304 e. The Bertz CT molecular complexity index is 436. The number of benzene rings is 1. The van der Waals surface area contributed by atoms with Crippen LogP contribution in [0.1, 0.15) is 16.8 Å². The van der Waals surface area contributed by atoms with E-state index >= 15 is 0 Å². The Morgan fingerprint density at radius 1 is 1.33 bits per heavy atom. The van der Waals surface area contributed by atoms with Gasteiger partial charge in [0.1, 0.15) is 5.82 Å². The molecule has 1 unspecified atom stereocenters. The Morgan fingerprint density at radius 2 is 2.11 bits per heavy atom. The number of Topliss-reactive ketones (excluding diaryl/α,β-unsaturated/α-hetero) is 1. The summed E-state index contributed by atoms with van der Waals surface area (Å²) in [5.74, 6) is -0.351. The van der Waals surface area contributed by atoms with Gasteiger partial charge in [0.2, 0.25) is 0 Å². The highest BCUT2D eigenvalue weighted by molar-refractivity contribution is 6.00. The summed E-state index contributed by atoms with van der Waals surface area (Å²) in [5.41, 5.74) is 0.460. The van der Waals surface area contributed by atoms with Crippen LogP contribution >= 0.6 is 0 Å². The molecule has 98 valence electrons. The molecule has 1 aromatic rings. The van der Waals surface area contributed by atoms with E-state index in [1.807, 2.05) is 14.1 Å². The van der Waals surface area contributed by atoms with Crippen LogP contribution < -0.4 is 0 Å². The van der Waals surface area contributed by atoms with Crippen molar-refractivity contribution in [2.75, 3.05) is 33.7 Å². The van der Waals surface area contributed by atoms with Gasteiger partial charge >= 0.3 is 0 Å². The Balaban J connectivity index is 2.20. The van der Waals surface area contributed by atoms with Crippen molar-refractivity contribution < 1.29 is 9.18 Å². The average molecular weight is 250 g/mol. The molecule has 2 rings (SSSR count). The molecule has 1 saturated heterocycles. The SMILES string of the molecule is CN1CCCN(C)C(C(=O)c2cccc(F)c2)C1. The van der Waals surface area contributed by atoms with Gasteiger partial charge < -0.3 is 4.90 Å². The quantitative estimate of drug-likeness (QED) is 0.746. The minimum atomic E-state index is -0.356. The predicted molar refractivity (Wildman–Crippen MR) is 69.3 cm³/mol. The second-order valence-corrected chi connectivity index (χ2v) is 4.99. The minimum absolute atomic E-state index is 0.00532. The van der Waals surface area contributed by atoms with Crippen LogP contribution in [-0.4, -0.2) is 55.4 Å². The first kappa shape index (κ1) is 13.2. The number of halogens is 1. The van der Waals surface area contributed by atoms with Gasteiger partial charge in [-0.3, -0.25) is 9.69 Å². The molecular weight excluding hydrogens is 231 g/mol. The highest BCUT2D eigenvalue weighted by Gasteiger charge is 2.27. The number of ketones is 1. The Hall–Kier alpha value is -1.26. The molecule has 1 atom stereocenters. The monoisotopic (exact) mass is 250 g/mol. The number of carbonyl (C=O) groups excluding carboxylic acids is 1. The number of carbonyl (C=O) groups is 1. The summed E-state index contributed by atoms with van der Waals surface area (Å²) < 4.78 is 13.2. The zero-order valence-corrected chi connectivity index (χ0v) is 10.9. The van der Waals surface area contributed by atoms with Crippen LogP contribution in [0.25, 0.3) is 0 Å². The van der Waals surface area contributed by atoms with Crippen LogP contribution in [0.2, 0.25) is 0 Å². The number of hydrogen-bond acceptors (Lipinski definition) is 3. The molecule has 1 aliphatic rings. The van der Waals surface area contributed by atoms with Gasteiger partial charge in [0.15, 0.2) is 5.78 Å². The standard InChI is InChI=1S/C14H19FN2O/c1-16-7-4-8-17(2)13(10-16)14(18)11-5-3-6-12(15)9-11/h3,5-6,9,13H,4,7-8,10H2,1-2H3. The Morgan fingerprint density at radius 3 is 2.83 bits per heavy atom. The fourth-order valence-electron chi connectivity index (χ4n) is 2.39. The highest BCUT2D eigenvalue weighted by atomic mass is 19.1. The van der Waals surface area contributed by atoms with Crippen molar-refractivity contribution in [1.82, 2.24) is 9.80 Å². The lowest BCUT2D eigenvalue weighted by atomic mass is 10.0. The molecule has 4 heteroatoms. The van der Waals surface area contributed by atoms with Crippen molar-refractivity contribution in [3.63, 3.8) is 0 Å². The largest absolute Gasteiger partial charge is 0.304 e. The van der Waals surface area contributed by atoms with E-state index in [2.05, 4.69) is 9.80 Å². The van der Waals surface area contributed by atoms with Gasteiger partial charge in [0.05, 0.1) is 6.04 Å². The second-order valence-electron chi connectivity index (χ2n) is 4.99. The number of hydrogen-bond donors (Lipinski definition) is 0. The van der Waals surface area contributed by atoms with E-state index in [-0.39, 0.29) is 17.6 Å². The Kier molecular flexibility index (Phi) is 4.09. The fraction of sp³-hybridized carbons (Fsp3) is 0.500. The molecule has 0 aromatic heterocycles. The molecule has 0 radical (unpaired) electrons. The lowest BCUT2D eigenvalue weighted by Gasteiger charge is -2.26. The first-order chi connectivity index (χ1) is 8.58. The highest BCUT2D eigenvalue weighted by Crippen LogP contribution is 2.14. The van der Waals surface area contributed by atoms with Gasteiger partial charge in [0.25, 0.3) is 0 Å². The van der Waals surface area contributed by atoms with Gasteiger partial charge in [-0.1, -0.05) is 12.1 Å². The normalized spacial score (nSPS) is 22.7. The lowest BCUT2D eigenvalue weighted by Crippen LogP contribution is -2.43. The molecule has 1 fully saturated rings. The molecule has 0 saturated carbocycles. The van der Waals surface area contributed by atoms with Crippen LogP contribution in [0.15, 0.2) is 24.3 Å². The van der Waals surface area contributed by atoms with Crippen LogP contribution in [-0.2, 0) is 0 Å². The molecule has 0 N–H and O–H groups in total. The molecule has 0 spiro atoms. The molecular formula is C14H19FN2O. The molecule has 18 heavy (non-hydrogen) atoms. The van der Waals surface area contributed by atoms with Crippen LogP contribution in [0.5, 0.6) is 0 Å². The van der Waals surface area contributed by atoms with Crippen molar-refractivity contribution in [3.05, 3.63) is 35.6 Å². The van der Waals surface area contributed by atoms with E-state index in [0.29, 0.717) is 12.1 Å². The van der Waals surface area contributed by atoms with Crippen molar-refractivity contribution in [3.8, 4) is 0 Å². The topological polar surface area (TPSA) is 23.6 Å². The van der Waals surface area contributed by atoms with Gasteiger partial charge in [-0.15, -0.1) is 0 Å². The van der Waals surface area contributed by atoms with Crippen molar-refractivity contribution in [2.45, 2.75) is 12.5 Å². The van der Waals surface area contributed by atoms with E-state index in [0.717, 1.165) is 19.5 Å². The number of likely N-dealkylation sites (N-methyl/N-ethyl adjacent to an activating group) is 2. The second kappa shape index (κ2) is 5.59. The van der Waals surface area contributed by atoms with E-state index in [1.165, 1.54) is 12.1 Å². The van der Waals surface area contributed by atoms with E-state index in [4.69, 9.17) is 0 Å². The van der Waals surface area contributed by atoms with Gasteiger partial charge in [-0.2, -0.15) is 0 Å². The van der Waals surface area contributed by atoms with Gasteiger partial charge in [-0.25, -0.2) is 4.39 Å². The van der Waals surface area contributed by atoms with Crippen molar-refractivity contribution in [2.24, 2.45) is 0 Å². The molecule has 0 bridgehead atoms. The summed E-state index contributed by atoms with van der Waals surface area (Å²) in [4.78, 5) is 16.7.